The predicted molar refractivity (Wildman–Crippen MR) is 77.9 cm³/mol. The van der Waals surface area contributed by atoms with Gasteiger partial charge in [0.15, 0.2) is 0 Å². The monoisotopic (exact) mass is 360 g/mol. The van der Waals surface area contributed by atoms with Gasteiger partial charge in [-0.1, -0.05) is 0 Å². The molecule has 1 aliphatic heterocycles. The van der Waals surface area contributed by atoms with Crippen LogP contribution >= 0.6 is 15.9 Å². The van der Waals surface area contributed by atoms with Crippen molar-refractivity contribution in [3.05, 3.63) is 32.5 Å². The van der Waals surface area contributed by atoms with Crippen LogP contribution in [0.5, 0.6) is 0 Å². The molecule has 21 heavy (non-hydrogen) atoms. The Morgan fingerprint density at radius 1 is 1.57 bits per heavy atom. The molecule has 0 saturated carbocycles. The average molecular weight is 361 g/mol. The molecule has 1 aromatic rings. The van der Waals surface area contributed by atoms with Crippen molar-refractivity contribution >= 4 is 33.3 Å². The second kappa shape index (κ2) is 6.38. The van der Waals surface area contributed by atoms with Crippen LogP contribution in [0.2, 0.25) is 0 Å². The number of nitrogens with zero attached hydrogens (tertiary/aromatic N) is 2. The molecule has 1 fully saturated rings. The summed E-state index contributed by atoms with van der Waals surface area (Å²) in [5, 5.41) is 19.7. The maximum atomic E-state index is 13.5. The number of anilines is 1. The van der Waals surface area contributed by atoms with Gasteiger partial charge in [0.1, 0.15) is 11.5 Å². The van der Waals surface area contributed by atoms with Gasteiger partial charge in [-0.05, 0) is 40.8 Å². The first-order chi connectivity index (χ1) is 9.88. The number of carboxylic acid groups (broad SMARTS) is 1. The van der Waals surface area contributed by atoms with Crippen molar-refractivity contribution in [2.24, 2.45) is 5.92 Å². The van der Waals surface area contributed by atoms with Crippen LogP contribution in [0.25, 0.3) is 0 Å². The number of nitro benzene ring substituents is 1. The second-order valence-electron chi connectivity index (χ2n) is 5.05. The summed E-state index contributed by atoms with van der Waals surface area (Å²) in [5.74, 6) is -1.33. The van der Waals surface area contributed by atoms with E-state index in [1.807, 2.05) is 4.90 Å². The summed E-state index contributed by atoms with van der Waals surface area (Å²) < 4.78 is 13.6. The van der Waals surface area contributed by atoms with Crippen LogP contribution < -0.4 is 4.90 Å². The Labute approximate surface area is 128 Å². The summed E-state index contributed by atoms with van der Waals surface area (Å²) in [6, 6.07) is 2.32. The van der Waals surface area contributed by atoms with Crippen molar-refractivity contribution in [2.45, 2.75) is 19.3 Å². The summed E-state index contributed by atoms with van der Waals surface area (Å²) in [5.41, 5.74) is 0.0979. The van der Waals surface area contributed by atoms with Crippen LogP contribution in [-0.2, 0) is 4.79 Å². The van der Waals surface area contributed by atoms with Crippen LogP contribution in [0.15, 0.2) is 16.6 Å². The topological polar surface area (TPSA) is 83.7 Å². The van der Waals surface area contributed by atoms with Gasteiger partial charge < -0.3 is 10.0 Å². The molecule has 0 bridgehead atoms. The number of hydrogen-bond donors (Lipinski definition) is 1. The summed E-state index contributed by atoms with van der Waals surface area (Å²) in [6.07, 6.45) is 1.41. The van der Waals surface area contributed by atoms with Crippen molar-refractivity contribution in [3.63, 3.8) is 0 Å². The molecular weight excluding hydrogens is 347 g/mol. The van der Waals surface area contributed by atoms with Crippen LogP contribution in [0.1, 0.15) is 19.3 Å². The molecule has 1 N–H and O–H groups in total. The Morgan fingerprint density at radius 3 is 2.90 bits per heavy atom. The van der Waals surface area contributed by atoms with Gasteiger partial charge in [0, 0.05) is 19.5 Å². The minimum absolute atomic E-state index is 0.0910. The molecule has 1 aromatic carbocycles. The third kappa shape index (κ3) is 3.69. The number of carbonyl (C=O) groups is 1. The third-order valence-electron chi connectivity index (χ3n) is 3.61. The van der Waals surface area contributed by atoms with Crippen molar-refractivity contribution in [2.75, 3.05) is 18.0 Å². The SMILES string of the molecule is O=C(O)CCC1CCN(c2cc(Br)c(F)cc2[N+](=O)[O-])C1. The highest BCUT2D eigenvalue weighted by molar-refractivity contribution is 9.10. The molecule has 2 rings (SSSR count). The van der Waals surface area contributed by atoms with Crippen molar-refractivity contribution in [1.82, 2.24) is 0 Å². The van der Waals surface area contributed by atoms with Crippen LogP contribution in [-0.4, -0.2) is 29.1 Å². The van der Waals surface area contributed by atoms with E-state index in [0.29, 0.717) is 25.2 Å². The molecule has 1 heterocycles. The standard InChI is InChI=1S/C13H14BrFN2O4/c14-9-5-11(12(17(20)21)6-10(9)15)16-4-3-8(7-16)1-2-13(18)19/h5-6,8H,1-4,7H2,(H,18,19). The summed E-state index contributed by atoms with van der Waals surface area (Å²) in [6.45, 7) is 1.15. The smallest absolute Gasteiger partial charge is 0.303 e. The zero-order chi connectivity index (χ0) is 15.6. The minimum Gasteiger partial charge on any atom is -0.481 e. The molecule has 114 valence electrons. The van der Waals surface area contributed by atoms with Gasteiger partial charge in [0.05, 0.1) is 15.5 Å². The number of hydrogen-bond acceptors (Lipinski definition) is 4. The molecule has 0 amide bonds. The summed E-state index contributed by atoms with van der Waals surface area (Å²) in [4.78, 5) is 22.9. The summed E-state index contributed by atoms with van der Waals surface area (Å²) in [7, 11) is 0. The van der Waals surface area contributed by atoms with Gasteiger partial charge in [-0.2, -0.15) is 0 Å². The Balaban J connectivity index is 2.17. The fourth-order valence-electron chi connectivity index (χ4n) is 2.54. The maximum Gasteiger partial charge on any atom is 0.303 e. The molecule has 0 aromatic heterocycles. The van der Waals surface area contributed by atoms with E-state index < -0.39 is 16.7 Å². The molecule has 0 aliphatic carbocycles. The number of nitro groups is 1. The normalized spacial score (nSPS) is 18.0. The van der Waals surface area contributed by atoms with Gasteiger partial charge in [0.2, 0.25) is 0 Å². The third-order valence-corrected chi connectivity index (χ3v) is 4.21. The van der Waals surface area contributed by atoms with Gasteiger partial charge >= 0.3 is 5.97 Å². The molecule has 1 unspecified atom stereocenters. The number of benzene rings is 1. The van der Waals surface area contributed by atoms with E-state index in [1.165, 1.54) is 6.07 Å². The lowest BCUT2D eigenvalue weighted by molar-refractivity contribution is -0.384. The van der Waals surface area contributed by atoms with Crippen LogP contribution in [0, 0.1) is 21.8 Å². The zero-order valence-corrected chi connectivity index (χ0v) is 12.7. The second-order valence-corrected chi connectivity index (χ2v) is 5.90. The summed E-state index contributed by atoms with van der Waals surface area (Å²) >= 11 is 3.04. The van der Waals surface area contributed by atoms with E-state index in [0.717, 1.165) is 12.5 Å². The molecule has 0 radical (unpaired) electrons. The Bertz CT molecular complexity index is 582. The molecular formula is C13H14BrFN2O4. The predicted octanol–water partition coefficient (Wildman–Crippen LogP) is 3.19. The van der Waals surface area contributed by atoms with Crippen molar-refractivity contribution < 1.29 is 19.2 Å². The fourth-order valence-corrected chi connectivity index (χ4v) is 2.87. The Kier molecular flexibility index (Phi) is 4.76. The van der Waals surface area contributed by atoms with Crippen LogP contribution in [0.3, 0.4) is 0 Å². The lowest BCUT2D eigenvalue weighted by Crippen LogP contribution is -2.21. The number of carboxylic acids is 1. The van der Waals surface area contributed by atoms with E-state index in [2.05, 4.69) is 15.9 Å². The molecule has 8 heteroatoms. The molecule has 6 nitrogen and oxygen atoms in total. The Hall–Kier alpha value is -1.70. The van der Waals surface area contributed by atoms with E-state index in [1.54, 1.807) is 0 Å². The Morgan fingerprint density at radius 2 is 2.29 bits per heavy atom. The quantitative estimate of drug-likeness (QED) is 0.643. The first-order valence-corrected chi connectivity index (χ1v) is 7.28. The fraction of sp³-hybridized carbons (Fsp3) is 0.462. The lowest BCUT2D eigenvalue weighted by Gasteiger charge is -2.19. The maximum absolute atomic E-state index is 13.5. The highest BCUT2D eigenvalue weighted by Crippen LogP contribution is 2.36. The lowest BCUT2D eigenvalue weighted by atomic mass is 10.0. The highest BCUT2D eigenvalue weighted by Gasteiger charge is 2.29. The van der Waals surface area contributed by atoms with Crippen molar-refractivity contribution in [3.8, 4) is 0 Å². The average Bonchev–Trinajstić information content (AvgIpc) is 2.87. The molecule has 1 saturated heterocycles. The highest BCUT2D eigenvalue weighted by atomic mass is 79.9. The van der Waals surface area contributed by atoms with Crippen molar-refractivity contribution in [1.29, 1.82) is 0 Å². The van der Waals surface area contributed by atoms with Gasteiger partial charge in [0.25, 0.3) is 5.69 Å². The van der Waals surface area contributed by atoms with E-state index in [4.69, 9.17) is 5.11 Å². The van der Waals surface area contributed by atoms with E-state index in [-0.39, 0.29) is 22.5 Å². The largest absolute Gasteiger partial charge is 0.481 e. The molecule has 1 aliphatic rings. The van der Waals surface area contributed by atoms with Crippen LogP contribution in [0.4, 0.5) is 15.8 Å². The number of halogens is 2. The first kappa shape index (κ1) is 15.7. The first-order valence-electron chi connectivity index (χ1n) is 6.48. The molecule has 0 spiro atoms. The number of aliphatic carboxylic acids is 1. The van der Waals surface area contributed by atoms with Gasteiger partial charge in [-0.3, -0.25) is 14.9 Å². The van der Waals surface area contributed by atoms with Gasteiger partial charge in [-0.25, -0.2) is 4.39 Å². The van der Waals surface area contributed by atoms with E-state index in [9.17, 15) is 19.3 Å². The minimum atomic E-state index is -0.844. The van der Waals surface area contributed by atoms with E-state index >= 15 is 0 Å². The van der Waals surface area contributed by atoms with Gasteiger partial charge in [-0.15, -0.1) is 0 Å². The zero-order valence-electron chi connectivity index (χ0n) is 11.1. The molecule has 1 atom stereocenters. The number of rotatable bonds is 5.